The van der Waals surface area contributed by atoms with Crippen LogP contribution < -0.4 is 21.1 Å². The van der Waals surface area contributed by atoms with Crippen LogP contribution in [0.4, 0.5) is 11.4 Å². The molecule has 0 saturated heterocycles. The SMILES string of the molecule is COc1ccc(Cl)cc1NC(=O)c1cccc(NC(N)=S)c1. The van der Waals surface area contributed by atoms with E-state index in [2.05, 4.69) is 10.6 Å². The number of benzene rings is 2. The first-order valence-corrected chi connectivity index (χ1v) is 7.09. The number of amides is 1. The van der Waals surface area contributed by atoms with Gasteiger partial charge in [-0.2, -0.15) is 0 Å². The van der Waals surface area contributed by atoms with Gasteiger partial charge in [-0.15, -0.1) is 0 Å². The smallest absolute Gasteiger partial charge is 0.255 e. The van der Waals surface area contributed by atoms with Crippen LogP contribution in [0.15, 0.2) is 42.5 Å². The fraction of sp³-hybridized carbons (Fsp3) is 0.0667. The van der Waals surface area contributed by atoms with Gasteiger partial charge in [-0.25, -0.2) is 0 Å². The summed E-state index contributed by atoms with van der Waals surface area (Å²) < 4.78 is 5.19. The van der Waals surface area contributed by atoms with Crippen molar-refractivity contribution in [3.8, 4) is 5.75 Å². The first kappa shape index (κ1) is 16.1. The predicted molar refractivity (Wildman–Crippen MR) is 92.8 cm³/mol. The maximum absolute atomic E-state index is 12.3. The number of hydrogen-bond acceptors (Lipinski definition) is 3. The highest BCUT2D eigenvalue weighted by atomic mass is 35.5. The van der Waals surface area contributed by atoms with Crippen molar-refractivity contribution in [2.45, 2.75) is 0 Å². The maximum atomic E-state index is 12.3. The molecule has 0 aliphatic rings. The molecule has 0 saturated carbocycles. The molecule has 0 aromatic heterocycles. The zero-order valence-corrected chi connectivity index (χ0v) is 13.3. The van der Waals surface area contributed by atoms with Crippen molar-refractivity contribution in [3.63, 3.8) is 0 Å². The molecule has 1 amide bonds. The summed E-state index contributed by atoms with van der Waals surface area (Å²) in [7, 11) is 1.52. The number of anilines is 2. The molecule has 2 aromatic carbocycles. The monoisotopic (exact) mass is 335 g/mol. The lowest BCUT2D eigenvalue weighted by Crippen LogP contribution is -2.19. The Morgan fingerprint density at radius 3 is 2.68 bits per heavy atom. The Labute approximate surface area is 138 Å². The van der Waals surface area contributed by atoms with Crippen LogP contribution in [0.5, 0.6) is 5.75 Å². The minimum Gasteiger partial charge on any atom is -0.495 e. The quantitative estimate of drug-likeness (QED) is 0.748. The second-order valence-electron chi connectivity index (χ2n) is 4.37. The van der Waals surface area contributed by atoms with Gasteiger partial charge in [-0.05, 0) is 48.6 Å². The summed E-state index contributed by atoms with van der Waals surface area (Å²) >= 11 is 10.7. The van der Waals surface area contributed by atoms with Crippen LogP contribution >= 0.6 is 23.8 Å². The fourth-order valence-electron chi connectivity index (χ4n) is 1.85. The summed E-state index contributed by atoms with van der Waals surface area (Å²) in [6.45, 7) is 0. The second kappa shape index (κ2) is 7.11. The summed E-state index contributed by atoms with van der Waals surface area (Å²) in [6.07, 6.45) is 0. The number of hydrogen-bond donors (Lipinski definition) is 3. The van der Waals surface area contributed by atoms with E-state index >= 15 is 0 Å². The van der Waals surface area contributed by atoms with Crippen LogP contribution in [0.2, 0.25) is 5.02 Å². The van der Waals surface area contributed by atoms with E-state index in [1.807, 2.05) is 0 Å². The third-order valence-corrected chi connectivity index (χ3v) is 3.14. The molecule has 0 bridgehead atoms. The number of methoxy groups -OCH3 is 1. The Bertz CT molecular complexity index is 722. The van der Waals surface area contributed by atoms with Crippen LogP contribution in [0.1, 0.15) is 10.4 Å². The van der Waals surface area contributed by atoms with Crippen molar-refractivity contribution in [1.29, 1.82) is 0 Å². The second-order valence-corrected chi connectivity index (χ2v) is 5.25. The van der Waals surface area contributed by atoms with Crippen molar-refractivity contribution in [1.82, 2.24) is 0 Å². The van der Waals surface area contributed by atoms with E-state index in [1.165, 1.54) is 7.11 Å². The minimum atomic E-state index is -0.299. The highest BCUT2D eigenvalue weighted by molar-refractivity contribution is 7.80. The Balaban J connectivity index is 2.22. The predicted octanol–water partition coefficient (Wildman–Crippen LogP) is 3.26. The molecule has 0 spiro atoms. The van der Waals surface area contributed by atoms with E-state index in [1.54, 1.807) is 42.5 Å². The lowest BCUT2D eigenvalue weighted by molar-refractivity contribution is 0.102. The molecule has 0 aliphatic carbocycles. The molecule has 0 heterocycles. The highest BCUT2D eigenvalue weighted by Crippen LogP contribution is 2.28. The lowest BCUT2D eigenvalue weighted by atomic mass is 10.2. The third kappa shape index (κ3) is 4.09. The van der Waals surface area contributed by atoms with Crippen molar-refractivity contribution in [2.75, 3.05) is 17.7 Å². The average molecular weight is 336 g/mol. The number of nitrogens with one attached hydrogen (secondary N) is 2. The van der Waals surface area contributed by atoms with Gasteiger partial charge in [-0.1, -0.05) is 17.7 Å². The van der Waals surface area contributed by atoms with Crippen LogP contribution in [-0.2, 0) is 0 Å². The van der Waals surface area contributed by atoms with Gasteiger partial charge in [-0.3, -0.25) is 4.79 Å². The Morgan fingerprint density at radius 1 is 1.23 bits per heavy atom. The number of carbonyl (C=O) groups is 1. The van der Waals surface area contributed by atoms with Gasteiger partial charge in [0.05, 0.1) is 12.8 Å². The minimum absolute atomic E-state index is 0.133. The summed E-state index contributed by atoms with van der Waals surface area (Å²) in [5, 5.41) is 6.17. The number of nitrogens with two attached hydrogens (primary N) is 1. The first-order valence-electron chi connectivity index (χ1n) is 6.31. The molecule has 114 valence electrons. The number of halogens is 1. The first-order chi connectivity index (χ1) is 10.5. The fourth-order valence-corrected chi connectivity index (χ4v) is 2.14. The molecular weight excluding hydrogens is 322 g/mol. The molecule has 0 fully saturated rings. The molecule has 0 unspecified atom stereocenters. The largest absolute Gasteiger partial charge is 0.495 e. The normalized spacial score (nSPS) is 9.91. The van der Waals surface area contributed by atoms with Crippen molar-refractivity contribution in [3.05, 3.63) is 53.1 Å². The zero-order valence-electron chi connectivity index (χ0n) is 11.7. The van der Waals surface area contributed by atoms with Gasteiger partial charge < -0.3 is 21.1 Å². The van der Waals surface area contributed by atoms with Gasteiger partial charge in [0.1, 0.15) is 5.75 Å². The van der Waals surface area contributed by atoms with Gasteiger partial charge in [0.25, 0.3) is 5.91 Å². The molecule has 5 nitrogen and oxygen atoms in total. The topological polar surface area (TPSA) is 76.4 Å². The third-order valence-electron chi connectivity index (χ3n) is 2.80. The van der Waals surface area contributed by atoms with Gasteiger partial charge >= 0.3 is 0 Å². The number of carbonyl (C=O) groups excluding carboxylic acids is 1. The molecule has 2 aromatic rings. The average Bonchev–Trinajstić information content (AvgIpc) is 2.47. The number of rotatable bonds is 4. The van der Waals surface area contributed by atoms with E-state index in [9.17, 15) is 4.79 Å². The van der Waals surface area contributed by atoms with E-state index in [4.69, 9.17) is 34.3 Å². The van der Waals surface area contributed by atoms with E-state index < -0.39 is 0 Å². The number of ether oxygens (including phenoxy) is 1. The van der Waals surface area contributed by atoms with Gasteiger partial charge in [0, 0.05) is 16.3 Å². The molecule has 0 radical (unpaired) electrons. The molecule has 0 atom stereocenters. The van der Waals surface area contributed by atoms with Crippen molar-refractivity contribution < 1.29 is 9.53 Å². The number of thiocarbonyl (C=S) groups is 1. The standard InChI is InChI=1S/C15H14ClN3O2S/c1-21-13-6-5-10(16)8-12(13)19-14(20)9-3-2-4-11(7-9)18-15(17)22/h2-8H,1H3,(H,19,20)(H3,17,18,22). The van der Waals surface area contributed by atoms with Gasteiger partial charge in [0.15, 0.2) is 5.11 Å². The van der Waals surface area contributed by atoms with Crippen LogP contribution in [0.25, 0.3) is 0 Å². The molecule has 0 aliphatic heterocycles. The zero-order chi connectivity index (χ0) is 16.1. The molecule has 22 heavy (non-hydrogen) atoms. The Morgan fingerprint density at radius 2 is 2.00 bits per heavy atom. The molecular formula is C15H14ClN3O2S. The van der Waals surface area contributed by atoms with Crippen LogP contribution in [0, 0.1) is 0 Å². The summed E-state index contributed by atoms with van der Waals surface area (Å²) in [6, 6.07) is 11.8. The Hall–Kier alpha value is -2.31. The van der Waals surface area contributed by atoms with Crippen LogP contribution in [0.3, 0.4) is 0 Å². The summed E-state index contributed by atoms with van der Waals surface area (Å²) in [5.41, 5.74) is 7.00. The van der Waals surface area contributed by atoms with E-state index in [0.29, 0.717) is 27.7 Å². The Kier molecular flexibility index (Phi) is 5.19. The van der Waals surface area contributed by atoms with E-state index in [0.717, 1.165) is 0 Å². The maximum Gasteiger partial charge on any atom is 0.255 e. The van der Waals surface area contributed by atoms with Gasteiger partial charge in [0.2, 0.25) is 0 Å². The van der Waals surface area contributed by atoms with Crippen molar-refractivity contribution >= 4 is 46.2 Å². The summed E-state index contributed by atoms with van der Waals surface area (Å²) in [5.74, 6) is 0.224. The molecule has 4 N–H and O–H groups in total. The molecule has 2 rings (SSSR count). The highest BCUT2D eigenvalue weighted by Gasteiger charge is 2.11. The van der Waals surface area contributed by atoms with Crippen molar-refractivity contribution in [2.24, 2.45) is 5.73 Å². The lowest BCUT2D eigenvalue weighted by Gasteiger charge is -2.11. The van der Waals surface area contributed by atoms with E-state index in [-0.39, 0.29) is 11.0 Å². The van der Waals surface area contributed by atoms with Crippen LogP contribution in [-0.4, -0.2) is 18.1 Å². The summed E-state index contributed by atoms with van der Waals surface area (Å²) in [4.78, 5) is 12.3. The molecule has 7 heteroatoms.